The Labute approximate surface area is 225 Å². The van der Waals surface area contributed by atoms with Gasteiger partial charge in [0.05, 0.1) is 6.10 Å². The molecule has 1 saturated heterocycles. The van der Waals surface area contributed by atoms with E-state index in [0.717, 1.165) is 55.1 Å². The van der Waals surface area contributed by atoms with Crippen LogP contribution in [-0.2, 0) is 20.9 Å². The van der Waals surface area contributed by atoms with Crippen LogP contribution in [0, 0.1) is 11.8 Å². The van der Waals surface area contributed by atoms with Crippen LogP contribution in [0.2, 0.25) is 0 Å². The van der Waals surface area contributed by atoms with Gasteiger partial charge in [-0.2, -0.15) is 0 Å². The van der Waals surface area contributed by atoms with Crippen molar-refractivity contribution >= 4 is 17.6 Å². The molecule has 1 heterocycles. The molecule has 0 aromatic heterocycles. The van der Waals surface area contributed by atoms with Gasteiger partial charge >= 0.3 is 0 Å². The first-order chi connectivity index (χ1) is 18.2. The highest BCUT2D eigenvalue weighted by Gasteiger charge is 2.46. The Bertz CT molecular complexity index is 1160. The van der Waals surface area contributed by atoms with E-state index in [4.69, 9.17) is 4.74 Å². The van der Waals surface area contributed by atoms with Crippen molar-refractivity contribution in [3.05, 3.63) is 70.8 Å². The summed E-state index contributed by atoms with van der Waals surface area (Å²) in [6.07, 6.45) is 2.54. The molecule has 0 radical (unpaired) electrons. The lowest BCUT2D eigenvalue weighted by atomic mass is 9.92. The Morgan fingerprint density at radius 3 is 2.11 bits per heavy atom. The van der Waals surface area contributed by atoms with E-state index in [2.05, 4.69) is 34.2 Å². The number of likely N-dealkylation sites (tertiary alicyclic amines) is 1. The maximum absolute atomic E-state index is 13.0. The molecular formula is C30H37N3O5. The van der Waals surface area contributed by atoms with Gasteiger partial charge in [0, 0.05) is 57.0 Å². The summed E-state index contributed by atoms with van der Waals surface area (Å²) in [4.78, 5) is 41.2. The molecule has 1 atom stereocenters. The smallest absolute Gasteiger partial charge is 0.254 e. The first-order valence-electron chi connectivity index (χ1n) is 12.9. The number of Topliss-reactive ketones (excluding diaryl/α,β-unsaturated/α-hetero) is 1. The van der Waals surface area contributed by atoms with Crippen LogP contribution in [-0.4, -0.2) is 84.5 Å². The summed E-state index contributed by atoms with van der Waals surface area (Å²) >= 11 is 0. The Morgan fingerprint density at radius 1 is 1.05 bits per heavy atom. The van der Waals surface area contributed by atoms with Gasteiger partial charge in [-0.1, -0.05) is 24.0 Å². The summed E-state index contributed by atoms with van der Waals surface area (Å²) in [5.74, 6) is 4.30. The molecule has 2 aromatic carbocycles. The zero-order chi connectivity index (χ0) is 27.7. The first kappa shape index (κ1) is 29.1. The van der Waals surface area contributed by atoms with Crippen molar-refractivity contribution in [3.63, 3.8) is 0 Å². The van der Waals surface area contributed by atoms with Gasteiger partial charge in [0.1, 0.15) is 6.61 Å². The second-order valence-electron chi connectivity index (χ2n) is 9.55. The fourth-order valence-electron chi connectivity index (χ4n) is 4.52. The van der Waals surface area contributed by atoms with Gasteiger partial charge in [-0.05, 0) is 68.7 Å². The van der Waals surface area contributed by atoms with E-state index in [1.807, 2.05) is 19.1 Å². The molecule has 2 amide bonds. The van der Waals surface area contributed by atoms with Gasteiger partial charge in [-0.25, -0.2) is 0 Å². The first-order valence-corrected chi connectivity index (χ1v) is 12.9. The third-order valence-corrected chi connectivity index (χ3v) is 7.11. The largest absolute Gasteiger partial charge is 0.388 e. The average molecular weight is 520 g/mol. The van der Waals surface area contributed by atoms with Crippen LogP contribution < -0.4 is 5.32 Å². The molecule has 2 aromatic rings. The van der Waals surface area contributed by atoms with Crippen LogP contribution in [0.1, 0.15) is 53.7 Å². The molecule has 1 fully saturated rings. The summed E-state index contributed by atoms with van der Waals surface area (Å²) in [5.41, 5.74) is 1.35. The topological polar surface area (TPSA) is 99.2 Å². The molecule has 2 N–H and O–H groups in total. The van der Waals surface area contributed by atoms with Crippen LogP contribution in [0.3, 0.4) is 0 Å². The Morgan fingerprint density at radius 2 is 1.61 bits per heavy atom. The number of aliphatic hydroxyl groups excluding tert-OH is 1. The monoisotopic (exact) mass is 519 g/mol. The number of aliphatic hydroxyl groups is 1. The summed E-state index contributed by atoms with van der Waals surface area (Å²) in [7, 11) is 2.74. The number of rotatable bonds is 9. The quantitative estimate of drug-likeness (QED) is 0.390. The number of ketones is 1. The van der Waals surface area contributed by atoms with Crippen molar-refractivity contribution in [2.45, 2.75) is 44.9 Å². The minimum Gasteiger partial charge on any atom is -0.388 e. The van der Waals surface area contributed by atoms with Crippen molar-refractivity contribution in [2.75, 3.05) is 40.4 Å². The number of carbonyl (C=O) groups excluding carboxylic acids is 3. The highest BCUT2D eigenvalue weighted by Crippen LogP contribution is 2.20. The minimum atomic E-state index is -1.83. The van der Waals surface area contributed by atoms with Gasteiger partial charge in [-0.15, -0.1) is 0 Å². The SMILES string of the molecule is CCOC1CCN(Cc2ccc(C#Cc3ccc(C(=O)N(C)[C@](C)(C(=O)CO)C(=O)NC)cc3)cc2)CC1. The van der Waals surface area contributed by atoms with E-state index in [1.165, 1.54) is 26.6 Å². The van der Waals surface area contributed by atoms with E-state index < -0.39 is 29.7 Å². The molecule has 1 aliphatic heterocycles. The molecule has 202 valence electrons. The van der Waals surface area contributed by atoms with Gasteiger partial charge in [0.2, 0.25) is 0 Å². The van der Waals surface area contributed by atoms with Crippen LogP contribution in [0.4, 0.5) is 0 Å². The zero-order valence-corrected chi connectivity index (χ0v) is 22.6. The zero-order valence-electron chi connectivity index (χ0n) is 22.6. The highest BCUT2D eigenvalue weighted by atomic mass is 16.5. The highest BCUT2D eigenvalue weighted by molar-refractivity contribution is 6.14. The lowest BCUT2D eigenvalue weighted by Gasteiger charge is -2.35. The summed E-state index contributed by atoms with van der Waals surface area (Å²) in [6.45, 7) is 6.29. The van der Waals surface area contributed by atoms with E-state index in [9.17, 15) is 19.5 Å². The third kappa shape index (κ3) is 6.87. The van der Waals surface area contributed by atoms with Crippen molar-refractivity contribution in [1.29, 1.82) is 0 Å². The predicted octanol–water partition coefficient (Wildman–Crippen LogP) is 2.23. The van der Waals surface area contributed by atoms with Crippen LogP contribution >= 0.6 is 0 Å². The van der Waals surface area contributed by atoms with Gasteiger partial charge in [0.15, 0.2) is 11.3 Å². The number of carbonyl (C=O) groups is 3. The van der Waals surface area contributed by atoms with Crippen molar-refractivity contribution in [2.24, 2.45) is 0 Å². The van der Waals surface area contributed by atoms with E-state index in [0.29, 0.717) is 11.7 Å². The van der Waals surface area contributed by atoms with Crippen LogP contribution in [0.15, 0.2) is 48.5 Å². The van der Waals surface area contributed by atoms with Gasteiger partial charge in [0.25, 0.3) is 11.8 Å². The Hall–Kier alpha value is -3.51. The fraction of sp³-hybridized carbons (Fsp3) is 0.433. The second kappa shape index (κ2) is 13.3. The van der Waals surface area contributed by atoms with E-state index in [-0.39, 0.29) is 0 Å². The molecule has 0 unspecified atom stereocenters. The van der Waals surface area contributed by atoms with Crippen molar-refractivity contribution < 1.29 is 24.2 Å². The molecule has 8 heteroatoms. The molecule has 8 nitrogen and oxygen atoms in total. The minimum absolute atomic E-state index is 0.300. The lowest BCUT2D eigenvalue weighted by molar-refractivity contribution is -0.143. The standard InChI is InChI=1S/C30H37N3O5/c1-5-38-26-16-18-33(19-17-26)20-24-10-8-22(9-11-24)6-7-23-12-14-25(15-13-23)28(36)32(4)30(2,27(35)21-34)29(37)31-3/h8-15,26,34H,5,16-21H2,1-4H3,(H,31,37)/t30-/m1/s1. The molecule has 0 aliphatic carbocycles. The average Bonchev–Trinajstić information content (AvgIpc) is 2.96. The number of likely N-dealkylation sites (N-methyl/N-ethyl adjacent to an activating group) is 2. The van der Waals surface area contributed by atoms with Gasteiger partial charge in [-0.3, -0.25) is 19.3 Å². The fourth-order valence-corrected chi connectivity index (χ4v) is 4.52. The van der Waals surface area contributed by atoms with E-state index in [1.54, 1.807) is 24.3 Å². The second-order valence-corrected chi connectivity index (χ2v) is 9.55. The van der Waals surface area contributed by atoms with Gasteiger partial charge < -0.3 is 20.1 Å². The number of benzene rings is 2. The maximum Gasteiger partial charge on any atom is 0.254 e. The van der Waals surface area contributed by atoms with Crippen molar-refractivity contribution in [1.82, 2.24) is 15.1 Å². The number of hydrogen-bond acceptors (Lipinski definition) is 6. The summed E-state index contributed by atoms with van der Waals surface area (Å²) in [6, 6.07) is 14.9. The molecule has 1 aliphatic rings. The number of amides is 2. The van der Waals surface area contributed by atoms with Crippen LogP contribution in [0.5, 0.6) is 0 Å². The maximum atomic E-state index is 13.0. The lowest BCUT2D eigenvalue weighted by Crippen LogP contribution is -2.62. The summed E-state index contributed by atoms with van der Waals surface area (Å²) in [5, 5.41) is 11.7. The molecule has 0 bridgehead atoms. The summed E-state index contributed by atoms with van der Waals surface area (Å²) < 4.78 is 5.73. The van der Waals surface area contributed by atoms with E-state index >= 15 is 0 Å². The number of piperidine rings is 1. The molecule has 3 rings (SSSR count). The number of hydrogen-bond donors (Lipinski definition) is 2. The normalized spacial score (nSPS) is 15.6. The molecule has 0 spiro atoms. The third-order valence-electron chi connectivity index (χ3n) is 7.11. The number of nitrogens with zero attached hydrogens (tertiary/aromatic N) is 2. The van der Waals surface area contributed by atoms with Crippen LogP contribution in [0.25, 0.3) is 0 Å². The predicted molar refractivity (Wildman–Crippen MR) is 145 cm³/mol. The number of nitrogens with one attached hydrogen (secondary N) is 1. The number of ether oxygens (including phenoxy) is 1. The molecule has 0 saturated carbocycles. The Kier molecular flexibility index (Phi) is 10.2. The molecular weight excluding hydrogens is 482 g/mol. The Balaban J connectivity index is 1.62. The molecule has 38 heavy (non-hydrogen) atoms. The van der Waals surface area contributed by atoms with Crippen molar-refractivity contribution in [3.8, 4) is 11.8 Å².